The van der Waals surface area contributed by atoms with Crippen LogP contribution in [0.2, 0.25) is 0 Å². The third-order valence-corrected chi connectivity index (χ3v) is 2.21. The molecule has 0 amide bonds. The minimum atomic E-state index is -0.916. The summed E-state index contributed by atoms with van der Waals surface area (Å²) in [4.78, 5) is 11.4. The summed E-state index contributed by atoms with van der Waals surface area (Å²) < 4.78 is 18.1. The maximum absolute atomic E-state index is 13.4. The van der Waals surface area contributed by atoms with Crippen molar-refractivity contribution in [3.63, 3.8) is 0 Å². The van der Waals surface area contributed by atoms with Crippen LogP contribution in [0.1, 0.15) is 17.3 Å². The molecule has 0 aliphatic carbocycles. The van der Waals surface area contributed by atoms with Crippen LogP contribution in [0.5, 0.6) is 0 Å². The molecule has 0 aliphatic rings. The van der Waals surface area contributed by atoms with E-state index in [0.717, 1.165) is 6.07 Å². The number of halogens is 1. The maximum Gasteiger partial charge on any atom is 0.341 e. The molecule has 0 heterocycles. The van der Waals surface area contributed by atoms with Crippen LogP contribution in [0.25, 0.3) is 0 Å². The summed E-state index contributed by atoms with van der Waals surface area (Å²) in [7, 11) is 0. The Hall–Kier alpha value is -1.66. The highest BCUT2D eigenvalue weighted by atomic mass is 19.1. The highest BCUT2D eigenvalue weighted by molar-refractivity contribution is 5.90. The van der Waals surface area contributed by atoms with E-state index in [2.05, 4.69) is 5.32 Å². The molecule has 0 fully saturated rings. The normalized spacial score (nSPS) is 12.0. The van der Waals surface area contributed by atoms with E-state index in [9.17, 15) is 9.18 Å². The summed E-state index contributed by atoms with van der Waals surface area (Å²) in [6.45, 7) is 1.53. The number of anilines is 1. The van der Waals surface area contributed by atoms with Crippen molar-refractivity contribution in [3.8, 4) is 0 Å². The lowest BCUT2D eigenvalue weighted by atomic mass is 10.2. The first-order valence-electron chi connectivity index (χ1n) is 5.58. The number of aliphatic hydroxyl groups excluding tert-OH is 2. The van der Waals surface area contributed by atoms with Gasteiger partial charge in [-0.05, 0) is 25.1 Å². The van der Waals surface area contributed by atoms with Gasteiger partial charge >= 0.3 is 5.97 Å². The molecule has 1 rings (SSSR count). The van der Waals surface area contributed by atoms with Gasteiger partial charge in [0.05, 0.1) is 24.9 Å². The molecular weight excluding hydrogens is 241 g/mol. The zero-order chi connectivity index (χ0) is 13.5. The van der Waals surface area contributed by atoms with Crippen LogP contribution in [0.4, 0.5) is 10.1 Å². The van der Waals surface area contributed by atoms with Gasteiger partial charge < -0.3 is 20.3 Å². The Morgan fingerprint density at radius 3 is 2.89 bits per heavy atom. The Balaban J connectivity index is 2.77. The molecule has 3 N–H and O–H groups in total. The Morgan fingerprint density at radius 2 is 2.28 bits per heavy atom. The summed E-state index contributed by atoms with van der Waals surface area (Å²) >= 11 is 0. The number of nitrogens with one attached hydrogen (secondary N) is 1. The Kier molecular flexibility index (Phi) is 5.54. The van der Waals surface area contributed by atoms with Gasteiger partial charge in [-0.3, -0.25) is 0 Å². The van der Waals surface area contributed by atoms with Gasteiger partial charge in [-0.25, -0.2) is 9.18 Å². The first-order chi connectivity index (χ1) is 8.58. The quantitative estimate of drug-likeness (QED) is 0.656. The van der Waals surface area contributed by atoms with Crippen LogP contribution in [-0.2, 0) is 4.74 Å². The van der Waals surface area contributed by atoms with Gasteiger partial charge in [-0.1, -0.05) is 0 Å². The first kappa shape index (κ1) is 14.4. The minimum Gasteiger partial charge on any atom is -0.462 e. The van der Waals surface area contributed by atoms with E-state index in [-0.39, 0.29) is 25.3 Å². The second-order valence-corrected chi connectivity index (χ2v) is 3.63. The first-order valence-corrected chi connectivity index (χ1v) is 5.58. The number of aliphatic hydroxyl groups is 2. The van der Waals surface area contributed by atoms with Crippen molar-refractivity contribution in [1.82, 2.24) is 0 Å². The van der Waals surface area contributed by atoms with Gasteiger partial charge in [0.1, 0.15) is 5.82 Å². The number of rotatable bonds is 6. The number of hydrogen-bond acceptors (Lipinski definition) is 5. The van der Waals surface area contributed by atoms with Crippen LogP contribution >= 0.6 is 0 Å². The minimum absolute atomic E-state index is 0.102. The standard InChI is InChI=1S/C12H16FNO4/c1-2-18-12(17)10-5-8(3-4-11(10)13)14-6-9(16)7-15/h3-5,9,14-16H,2,6-7H2,1H3. The molecule has 0 saturated heterocycles. The number of esters is 1. The molecule has 0 aliphatic heterocycles. The van der Waals surface area contributed by atoms with Crippen molar-refractivity contribution < 1.29 is 24.1 Å². The molecule has 1 unspecified atom stereocenters. The van der Waals surface area contributed by atoms with E-state index in [4.69, 9.17) is 14.9 Å². The molecule has 6 heteroatoms. The van der Waals surface area contributed by atoms with Crippen LogP contribution in [0.3, 0.4) is 0 Å². The molecule has 18 heavy (non-hydrogen) atoms. The van der Waals surface area contributed by atoms with Crippen molar-refractivity contribution in [2.24, 2.45) is 0 Å². The topological polar surface area (TPSA) is 78.8 Å². The van der Waals surface area contributed by atoms with E-state index in [0.29, 0.717) is 5.69 Å². The summed E-state index contributed by atoms with van der Waals surface area (Å²) in [6, 6.07) is 3.87. The fraction of sp³-hybridized carbons (Fsp3) is 0.417. The monoisotopic (exact) mass is 257 g/mol. The van der Waals surface area contributed by atoms with Crippen LogP contribution in [0.15, 0.2) is 18.2 Å². The van der Waals surface area contributed by atoms with Gasteiger partial charge in [-0.2, -0.15) is 0 Å². The van der Waals surface area contributed by atoms with Crippen LogP contribution in [0, 0.1) is 5.82 Å². The molecule has 100 valence electrons. The molecule has 1 aromatic rings. The van der Waals surface area contributed by atoms with Crippen molar-refractivity contribution in [3.05, 3.63) is 29.6 Å². The van der Waals surface area contributed by atoms with E-state index < -0.39 is 17.9 Å². The summed E-state index contributed by atoms with van der Waals surface area (Å²) in [5.41, 5.74) is 0.298. The number of benzene rings is 1. The molecule has 0 spiro atoms. The molecular formula is C12H16FNO4. The average molecular weight is 257 g/mol. The zero-order valence-electron chi connectivity index (χ0n) is 10.0. The lowest BCUT2D eigenvalue weighted by molar-refractivity contribution is 0.0521. The Bertz CT molecular complexity index is 411. The van der Waals surface area contributed by atoms with Gasteiger partial charge in [0.25, 0.3) is 0 Å². The Labute approximate surface area is 104 Å². The number of hydrogen-bond donors (Lipinski definition) is 3. The third-order valence-electron chi connectivity index (χ3n) is 2.21. The third kappa shape index (κ3) is 3.97. The molecule has 1 atom stereocenters. The summed E-state index contributed by atoms with van der Waals surface area (Å²) in [6.07, 6.45) is -0.916. The maximum atomic E-state index is 13.4. The van der Waals surface area contributed by atoms with Crippen LogP contribution < -0.4 is 5.32 Å². The number of carbonyl (C=O) groups excluding carboxylic acids is 1. The van der Waals surface area contributed by atoms with Gasteiger partial charge in [0, 0.05) is 12.2 Å². The lowest BCUT2D eigenvalue weighted by Crippen LogP contribution is -2.23. The molecule has 0 saturated carbocycles. The van der Waals surface area contributed by atoms with Crippen molar-refractivity contribution >= 4 is 11.7 Å². The van der Waals surface area contributed by atoms with Gasteiger partial charge in [-0.15, -0.1) is 0 Å². The molecule has 1 aromatic carbocycles. The highest BCUT2D eigenvalue weighted by Gasteiger charge is 2.13. The number of carbonyl (C=O) groups is 1. The zero-order valence-corrected chi connectivity index (χ0v) is 10.0. The van der Waals surface area contributed by atoms with Crippen molar-refractivity contribution in [2.75, 3.05) is 25.1 Å². The molecule has 0 radical (unpaired) electrons. The van der Waals surface area contributed by atoms with Crippen molar-refractivity contribution in [2.45, 2.75) is 13.0 Å². The van der Waals surface area contributed by atoms with E-state index in [1.807, 2.05) is 0 Å². The second-order valence-electron chi connectivity index (χ2n) is 3.63. The largest absolute Gasteiger partial charge is 0.462 e. The average Bonchev–Trinajstić information content (AvgIpc) is 2.37. The van der Waals surface area contributed by atoms with E-state index in [1.165, 1.54) is 12.1 Å². The predicted octanol–water partition coefficient (Wildman–Crippen LogP) is 0.767. The highest BCUT2D eigenvalue weighted by Crippen LogP contribution is 2.15. The molecule has 0 bridgehead atoms. The molecule has 5 nitrogen and oxygen atoms in total. The summed E-state index contributed by atoms with van der Waals surface area (Å²) in [5.74, 6) is -1.40. The fourth-order valence-corrected chi connectivity index (χ4v) is 1.30. The predicted molar refractivity (Wildman–Crippen MR) is 63.9 cm³/mol. The SMILES string of the molecule is CCOC(=O)c1cc(NCC(O)CO)ccc1F. The van der Waals surface area contributed by atoms with E-state index in [1.54, 1.807) is 6.92 Å². The lowest BCUT2D eigenvalue weighted by Gasteiger charge is -2.11. The van der Waals surface area contributed by atoms with Gasteiger partial charge in [0.2, 0.25) is 0 Å². The van der Waals surface area contributed by atoms with Crippen LogP contribution in [-0.4, -0.2) is 42.0 Å². The fourth-order valence-electron chi connectivity index (χ4n) is 1.30. The van der Waals surface area contributed by atoms with E-state index >= 15 is 0 Å². The molecule has 0 aromatic heterocycles. The Morgan fingerprint density at radius 1 is 1.56 bits per heavy atom. The van der Waals surface area contributed by atoms with Gasteiger partial charge in [0.15, 0.2) is 0 Å². The van der Waals surface area contributed by atoms with Crippen molar-refractivity contribution in [1.29, 1.82) is 0 Å². The smallest absolute Gasteiger partial charge is 0.341 e. The summed E-state index contributed by atoms with van der Waals surface area (Å²) in [5, 5.41) is 20.6. The second kappa shape index (κ2) is 6.93. The number of ether oxygens (including phenoxy) is 1.